The van der Waals surface area contributed by atoms with Gasteiger partial charge in [-0.1, -0.05) is 30.3 Å². The fourth-order valence-electron chi connectivity index (χ4n) is 1.50. The van der Waals surface area contributed by atoms with Crippen LogP contribution in [0.3, 0.4) is 0 Å². The van der Waals surface area contributed by atoms with Crippen molar-refractivity contribution in [2.75, 3.05) is 0 Å². The van der Waals surface area contributed by atoms with E-state index in [0.717, 1.165) is 0 Å². The molecule has 0 aliphatic carbocycles. The summed E-state index contributed by atoms with van der Waals surface area (Å²) < 4.78 is 5.02. The van der Waals surface area contributed by atoms with Crippen LogP contribution in [0.2, 0.25) is 0 Å². The van der Waals surface area contributed by atoms with Crippen molar-refractivity contribution >= 4 is 18.4 Å². The van der Waals surface area contributed by atoms with Gasteiger partial charge in [0.05, 0.1) is 0 Å². The predicted octanol–water partition coefficient (Wildman–Crippen LogP) is 2.88. The molecule has 0 saturated heterocycles. The maximum Gasteiger partial charge on any atom is 0.342 e. The highest BCUT2D eigenvalue weighted by atomic mass is 35.5. The van der Waals surface area contributed by atoms with Gasteiger partial charge in [-0.05, 0) is 18.2 Å². The Balaban J connectivity index is 0.00000180. The summed E-state index contributed by atoms with van der Waals surface area (Å²) in [7, 11) is 0. The number of para-hydroxylation sites is 2. The van der Waals surface area contributed by atoms with Gasteiger partial charge < -0.3 is 14.9 Å². The number of phenolic OH excluding ortho intramolecular Hbond substituents is 2. The second kappa shape index (κ2) is 6.66. The van der Waals surface area contributed by atoms with Crippen molar-refractivity contribution in [1.82, 2.24) is 0 Å². The topological polar surface area (TPSA) is 66.8 Å². The number of halogens is 1. The molecule has 0 radical (unpaired) electrons. The third-order valence-corrected chi connectivity index (χ3v) is 2.47. The third kappa shape index (κ3) is 3.63. The van der Waals surface area contributed by atoms with Crippen molar-refractivity contribution in [2.24, 2.45) is 0 Å². The fourth-order valence-corrected chi connectivity index (χ4v) is 1.50. The first kappa shape index (κ1) is 14.9. The number of phenols is 2. The standard InChI is InChI=1S/C14H12O4.ClH/c15-12-7-3-1-5-10(12)9-18-14(17)11-6-2-4-8-13(11)16;/h1-8,15-16H,9H2;1H. The van der Waals surface area contributed by atoms with Gasteiger partial charge in [0, 0.05) is 5.56 Å². The first-order chi connectivity index (χ1) is 8.68. The van der Waals surface area contributed by atoms with Crippen LogP contribution in [0.25, 0.3) is 0 Å². The number of carbonyl (C=O) groups is 1. The molecule has 100 valence electrons. The van der Waals surface area contributed by atoms with Gasteiger partial charge in [-0.25, -0.2) is 4.79 Å². The van der Waals surface area contributed by atoms with Gasteiger partial charge in [0.1, 0.15) is 23.7 Å². The zero-order chi connectivity index (χ0) is 13.0. The highest BCUT2D eigenvalue weighted by Gasteiger charge is 2.12. The van der Waals surface area contributed by atoms with Crippen LogP contribution in [0.15, 0.2) is 48.5 Å². The lowest BCUT2D eigenvalue weighted by Gasteiger charge is -2.07. The van der Waals surface area contributed by atoms with Crippen molar-refractivity contribution in [2.45, 2.75) is 6.61 Å². The lowest BCUT2D eigenvalue weighted by Crippen LogP contribution is -2.05. The molecule has 2 aromatic rings. The lowest BCUT2D eigenvalue weighted by atomic mass is 10.2. The van der Waals surface area contributed by atoms with Crippen LogP contribution in [0.4, 0.5) is 0 Å². The SMILES string of the molecule is Cl.O=C(OCc1ccccc1O)c1ccccc1O. The Hall–Kier alpha value is -2.20. The molecule has 2 N–H and O–H groups in total. The predicted molar refractivity (Wildman–Crippen MR) is 72.6 cm³/mol. The second-order valence-corrected chi connectivity index (χ2v) is 3.72. The van der Waals surface area contributed by atoms with E-state index in [1.165, 1.54) is 18.2 Å². The smallest absolute Gasteiger partial charge is 0.342 e. The van der Waals surface area contributed by atoms with E-state index in [1.807, 2.05) is 0 Å². The number of benzene rings is 2. The van der Waals surface area contributed by atoms with Crippen molar-refractivity contribution in [3.8, 4) is 11.5 Å². The van der Waals surface area contributed by atoms with Gasteiger partial charge in [0.2, 0.25) is 0 Å². The van der Waals surface area contributed by atoms with Gasteiger partial charge in [0.25, 0.3) is 0 Å². The summed E-state index contributed by atoms with van der Waals surface area (Å²) in [5, 5.41) is 19.0. The molecule has 4 nitrogen and oxygen atoms in total. The van der Waals surface area contributed by atoms with Crippen molar-refractivity contribution < 1.29 is 19.7 Å². The van der Waals surface area contributed by atoms with Gasteiger partial charge >= 0.3 is 5.97 Å². The monoisotopic (exact) mass is 280 g/mol. The molecular formula is C14H13ClO4. The quantitative estimate of drug-likeness (QED) is 0.849. The molecule has 0 aliphatic heterocycles. The van der Waals surface area contributed by atoms with E-state index in [4.69, 9.17) is 4.74 Å². The molecule has 0 heterocycles. The molecular weight excluding hydrogens is 268 g/mol. The van der Waals surface area contributed by atoms with E-state index in [-0.39, 0.29) is 36.1 Å². The molecule has 0 unspecified atom stereocenters. The van der Waals surface area contributed by atoms with E-state index in [1.54, 1.807) is 30.3 Å². The van der Waals surface area contributed by atoms with E-state index < -0.39 is 5.97 Å². The number of carbonyl (C=O) groups excluding carboxylic acids is 1. The first-order valence-electron chi connectivity index (χ1n) is 5.40. The maximum atomic E-state index is 11.7. The summed E-state index contributed by atoms with van der Waals surface area (Å²) in [5.41, 5.74) is 0.620. The minimum absolute atomic E-state index is 0. The zero-order valence-corrected chi connectivity index (χ0v) is 10.8. The number of aromatic hydroxyl groups is 2. The number of hydrogen-bond acceptors (Lipinski definition) is 4. The van der Waals surface area contributed by atoms with Crippen molar-refractivity contribution in [3.63, 3.8) is 0 Å². The Morgan fingerprint density at radius 2 is 1.53 bits per heavy atom. The number of hydrogen-bond donors (Lipinski definition) is 2. The summed E-state index contributed by atoms with van der Waals surface area (Å²) in [6, 6.07) is 12.7. The normalized spacial score (nSPS) is 9.47. The summed E-state index contributed by atoms with van der Waals surface area (Å²) in [5.74, 6) is -0.682. The van der Waals surface area contributed by atoms with E-state index >= 15 is 0 Å². The summed E-state index contributed by atoms with van der Waals surface area (Å²) >= 11 is 0. The largest absolute Gasteiger partial charge is 0.508 e. The van der Waals surface area contributed by atoms with Crippen LogP contribution in [-0.4, -0.2) is 16.2 Å². The Labute approximate surface area is 116 Å². The molecule has 5 heteroatoms. The van der Waals surface area contributed by atoms with Gasteiger partial charge in [-0.3, -0.25) is 0 Å². The molecule has 0 bridgehead atoms. The molecule has 0 atom stereocenters. The zero-order valence-electron chi connectivity index (χ0n) is 9.95. The molecule has 0 aromatic heterocycles. The molecule has 0 amide bonds. The van der Waals surface area contributed by atoms with E-state index in [2.05, 4.69) is 0 Å². The Bertz CT molecular complexity index is 569. The van der Waals surface area contributed by atoms with E-state index in [0.29, 0.717) is 5.56 Å². The van der Waals surface area contributed by atoms with Crippen LogP contribution in [0.1, 0.15) is 15.9 Å². The molecule has 0 fully saturated rings. The molecule has 0 spiro atoms. The molecule has 19 heavy (non-hydrogen) atoms. The number of esters is 1. The summed E-state index contributed by atoms with van der Waals surface area (Å²) in [6.45, 7) is -0.0418. The van der Waals surface area contributed by atoms with Crippen LogP contribution in [0, 0.1) is 0 Å². The maximum absolute atomic E-state index is 11.7. The lowest BCUT2D eigenvalue weighted by molar-refractivity contribution is 0.0467. The van der Waals surface area contributed by atoms with Gasteiger partial charge in [-0.2, -0.15) is 0 Å². The molecule has 0 aliphatic rings. The molecule has 2 aromatic carbocycles. The van der Waals surface area contributed by atoms with Gasteiger partial charge in [0.15, 0.2) is 0 Å². The number of rotatable bonds is 3. The Kier molecular flexibility index (Phi) is 5.21. The Morgan fingerprint density at radius 3 is 2.16 bits per heavy atom. The van der Waals surface area contributed by atoms with Crippen LogP contribution >= 0.6 is 12.4 Å². The summed E-state index contributed by atoms with van der Waals surface area (Å²) in [4.78, 5) is 11.7. The summed E-state index contributed by atoms with van der Waals surface area (Å²) in [6.07, 6.45) is 0. The molecule has 2 rings (SSSR count). The van der Waals surface area contributed by atoms with Crippen LogP contribution in [0.5, 0.6) is 11.5 Å². The minimum Gasteiger partial charge on any atom is -0.508 e. The van der Waals surface area contributed by atoms with Crippen LogP contribution in [-0.2, 0) is 11.3 Å². The van der Waals surface area contributed by atoms with E-state index in [9.17, 15) is 15.0 Å². The second-order valence-electron chi connectivity index (χ2n) is 3.72. The average molecular weight is 281 g/mol. The third-order valence-electron chi connectivity index (χ3n) is 2.47. The highest BCUT2D eigenvalue weighted by molar-refractivity contribution is 5.92. The van der Waals surface area contributed by atoms with Crippen molar-refractivity contribution in [1.29, 1.82) is 0 Å². The molecule has 0 saturated carbocycles. The average Bonchev–Trinajstić information content (AvgIpc) is 2.38. The minimum atomic E-state index is -0.628. The first-order valence-corrected chi connectivity index (χ1v) is 5.40. The van der Waals surface area contributed by atoms with Gasteiger partial charge in [-0.15, -0.1) is 12.4 Å². The Morgan fingerprint density at radius 1 is 0.947 bits per heavy atom. The highest BCUT2D eigenvalue weighted by Crippen LogP contribution is 2.20. The van der Waals surface area contributed by atoms with Crippen LogP contribution < -0.4 is 0 Å². The van der Waals surface area contributed by atoms with Crippen molar-refractivity contribution in [3.05, 3.63) is 59.7 Å². The number of ether oxygens (including phenoxy) is 1. The fraction of sp³-hybridized carbons (Fsp3) is 0.0714.